The third-order valence-corrected chi connectivity index (χ3v) is 4.73. The average Bonchev–Trinajstić information content (AvgIpc) is 2.36. The molecule has 0 unspecified atom stereocenters. The lowest BCUT2D eigenvalue weighted by Gasteiger charge is -2.26. The Hall–Kier alpha value is -1.17. The van der Waals surface area contributed by atoms with E-state index in [-0.39, 0.29) is 0 Å². The highest BCUT2D eigenvalue weighted by Gasteiger charge is 2.06. The van der Waals surface area contributed by atoms with Crippen LogP contribution in [0.3, 0.4) is 0 Å². The molecule has 0 fully saturated rings. The van der Waals surface area contributed by atoms with E-state index in [1.54, 1.807) is 0 Å². The molecular weight excluding hydrogens is 328 g/mol. The predicted molar refractivity (Wildman–Crippen MR) is 98.4 cm³/mol. The minimum absolute atomic E-state index is 0.723. The molecule has 0 atom stereocenters. The quantitative estimate of drug-likeness (QED) is 0.497. The third-order valence-electron chi connectivity index (χ3n) is 2.55. The van der Waals surface area contributed by atoms with E-state index in [9.17, 15) is 0 Å². The first-order valence-corrected chi connectivity index (χ1v) is 10.0. The number of hydrogen-bond donors (Lipinski definition) is 0. The maximum absolute atomic E-state index is 3.78. The van der Waals surface area contributed by atoms with Crippen LogP contribution in [-0.4, -0.2) is 18.8 Å². The van der Waals surface area contributed by atoms with Gasteiger partial charge in [-0.2, -0.15) is 0 Å². The molecule has 0 amide bonds. The summed E-state index contributed by atoms with van der Waals surface area (Å²) in [6.07, 6.45) is 15.8. The average molecular weight is 349 g/mol. The van der Waals surface area contributed by atoms with E-state index in [4.69, 9.17) is 0 Å². The molecule has 1 aromatic rings. The maximum atomic E-state index is 3.78. The minimum Gasteiger partial charge on any atom is -0.223 e. The van der Waals surface area contributed by atoms with E-state index >= 15 is 0 Å². The molecule has 0 radical (unpaired) electrons. The van der Waals surface area contributed by atoms with Crippen molar-refractivity contribution in [3.8, 4) is 11.8 Å². The first-order valence-electron chi connectivity index (χ1n) is 6.35. The summed E-state index contributed by atoms with van der Waals surface area (Å²) in [5.74, 6) is 6.34. The summed E-state index contributed by atoms with van der Waals surface area (Å²) < 4.78 is 1.06. The smallest absolute Gasteiger partial charge is 0.0276 e. The largest absolute Gasteiger partial charge is 0.223 e. The summed E-state index contributed by atoms with van der Waals surface area (Å²) in [4.78, 5) is 1.34. The Kier molecular flexibility index (Phi) is 6.91. The number of rotatable bonds is 4. The van der Waals surface area contributed by atoms with Crippen LogP contribution < -0.4 is 0 Å². The van der Waals surface area contributed by atoms with Gasteiger partial charge in [0.15, 0.2) is 0 Å². The molecule has 0 heterocycles. The lowest BCUT2D eigenvalue weighted by Crippen LogP contribution is -1.93. The highest BCUT2D eigenvalue weighted by atomic mass is 79.9. The number of halogens is 1. The van der Waals surface area contributed by atoms with Gasteiger partial charge in [0.05, 0.1) is 0 Å². The van der Waals surface area contributed by atoms with Gasteiger partial charge >= 0.3 is 0 Å². The molecule has 20 heavy (non-hydrogen) atoms. The van der Waals surface area contributed by atoms with Crippen LogP contribution in [0.5, 0.6) is 0 Å². The van der Waals surface area contributed by atoms with Gasteiger partial charge in [-0.05, 0) is 41.9 Å². The van der Waals surface area contributed by atoms with E-state index in [2.05, 4.69) is 71.3 Å². The second-order valence-electron chi connectivity index (χ2n) is 5.06. The predicted octanol–water partition coefficient (Wildman–Crippen LogP) is 5.51. The van der Waals surface area contributed by atoms with Gasteiger partial charge in [-0.15, -0.1) is 0 Å². The fraction of sp³-hybridized carbons (Fsp3) is 0.222. The van der Waals surface area contributed by atoms with Crippen molar-refractivity contribution < 1.29 is 0 Å². The van der Waals surface area contributed by atoms with Gasteiger partial charge in [0.2, 0.25) is 0 Å². The molecule has 0 aromatic heterocycles. The molecule has 2 heteroatoms. The Bertz CT molecular complexity index is 577. The summed E-state index contributed by atoms with van der Waals surface area (Å²) in [6, 6.07) is 8.05. The zero-order valence-corrected chi connectivity index (χ0v) is 14.7. The van der Waals surface area contributed by atoms with Crippen molar-refractivity contribution in [2.45, 2.75) is 6.42 Å². The fourth-order valence-electron chi connectivity index (χ4n) is 1.53. The van der Waals surface area contributed by atoms with Gasteiger partial charge < -0.3 is 0 Å². The first kappa shape index (κ1) is 16.9. The fourth-order valence-corrected chi connectivity index (χ4v) is 2.94. The molecule has 0 saturated carbocycles. The number of benzene rings is 1. The van der Waals surface area contributed by atoms with Crippen LogP contribution in [0.2, 0.25) is 0 Å². The summed E-state index contributed by atoms with van der Waals surface area (Å²) in [7, 11) is -0.723. The van der Waals surface area contributed by atoms with Gasteiger partial charge in [-0.3, -0.25) is 0 Å². The van der Waals surface area contributed by atoms with Crippen molar-refractivity contribution in [3.63, 3.8) is 0 Å². The van der Waals surface area contributed by atoms with E-state index < -0.39 is 10.0 Å². The lowest BCUT2D eigenvalue weighted by molar-refractivity contribution is 1.46. The van der Waals surface area contributed by atoms with E-state index in [1.807, 2.05) is 30.3 Å². The molecule has 0 nitrogen and oxygen atoms in total. The third kappa shape index (κ3) is 6.32. The van der Waals surface area contributed by atoms with Crippen LogP contribution in [0, 0.1) is 11.8 Å². The van der Waals surface area contributed by atoms with Crippen molar-refractivity contribution in [2.24, 2.45) is 0 Å². The zero-order valence-electron chi connectivity index (χ0n) is 12.3. The van der Waals surface area contributed by atoms with Crippen LogP contribution in [0.4, 0.5) is 0 Å². The highest BCUT2D eigenvalue weighted by Crippen LogP contribution is 2.45. The first-order chi connectivity index (χ1) is 9.43. The molecule has 106 valence electrons. The molecule has 0 spiro atoms. The SMILES string of the molecule is C=C/C=C(\C=C/CC#Cc1cccc(Br)c1)S(C)(C)C. The van der Waals surface area contributed by atoms with Crippen LogP contribution in [-0.2, 0) is 0 Å². The normalized spacial score (nSPS) is 12.9. The second-order valence-corrected chi connectivity index (χ2v) is 10.1. The molecule has 0 saturated heterocycles. The van der Waals surface area contributed by atoms with Gasteiger partial charge in [-0.1, -0.05) is 64.7 Å². The van der Waals surface area contributed by atoms with Crippen LogP contribution >= 0.6 is 26.0 Å². The lowest BCUT2D eigenvalue weighted by atomic mass is 10.2. The topological polar surface area (TPSA) is 0 Å². The Morgan fingerprint density at radius 3 is 2.70 bits per heavy atom. The molecule has 0 N–H and O–H groups in total. The van der Waals surface area contributed by atoms with E-state index in [0.29, 0.717) is 0 Å². The van der Waals surface area contributed by atoms with E-state index in [1.165, 1.54) is 4.91 Å². The molecule has 0 bridgehead atoms. The molecule has 0 aliphatic heterocycles. The standard InChI is InChI=1S/C18H21BrS/c1-5-10-18(20(2,3)4)14-8-6-7-11-16-12-9-13-17(19)15-16/h5,8-10,12-15H,1,6H2,2-4H3/b14-8-,18-10+. The Balaban J connectivity index is 2.66. The van der Waals surface area contributed by atoms with Crippen molar-refractivity contribution in [1.82, 2.24) is 0 Å². The molecule has 0 aliphatic carbocycles. The highest BCUT2D eigenvalue weighted by molar-refractivity contribution is 9.10. The molecule has 0 aliphatic rings. The van der Waals surface area contributed by atoms with Crippen molar-refractivity contribution >= 4 is 26.0 Å². The second kappa shape index (κ2) is 8.19. The number of allylic oxidation sites excluding steroid dienone is 4. The molecular formula is C18H21BrS. The van der Waals surface area contributed by atoms with Gasteiger partial charge in [0.1, 0.15) is 0 Å². The van der Waals surface area contributed by atoms with Gasteiger partial charge in [-0.25, -0.2) is 10.0 Å². The van der Waals surface area contributed by atoms with E-state index in [0.717, 1.165) is 16.5 Å². The maximum Gasteiger partial charge on any atom is 0.0276 e. The summed E-state index contributed by atoms with van der Waals surface area (Å²) >= 11 is 3.45. The van der Waals surface area contributed by atoms with Crippen molar-refractivity contribution in [2.75, 3.05) is 18.8 Å². The minimum atomic E-state index is -0.723. The van der Waals surface area contributed by atoms with Crippen LogP contribution in [0.1, 0.15) is 12.0 Å². The van der Waals surface area contributed by atoms with Crippen LogP contribution in [0.15, 0.2) is 64.5 Å². The van der Waals surface area contributed by atoms with Crippen LogP contribution in [0.25, 0.3) is 0 Å². The van der Waals surface area contributed by atoms with Gasteiger partial charge in [0, 0.05) is 16.5 Å². The molecule has 1 rings (SSSR count). The Labute approximate surface area is 133 Å². The monoisotopic (exact) mass is 348 g/mol. The number of hydrogen-bond acceptors (Lipinski definition) is 0. The summed E-state index contributed by atoms with van der Waals surface area (Å²) in [6.45, 7) is 3.78. The van der Waals surface area contributed by atoms with Crippen molar-refractivity contribution in [3.05, 3.63) is 70.1 Å². The Morgan fingerprint density at radius 2 is 2.10 bits per heavy atom. The summed E-state index contributed by atoms with van der Waals surface area (Å²) in [5.41, 5.74) is 1.04. The molecule has 1 aromatic carbocycles. The summed E-state index contributed by atoms with van der Waals surface area (Å²) in [5, 5.41) is 0. The van der Waals surface area contributed by atoms with Gasteiger partial charge in [0.25, 0.3) is 0 Å². The van der Waals surface area contributed by atoms with Crippen molar-refractivity contribution in [1.29, 1.82) is 0 Å². The zero-order chi connectivity index (χ0) is 15.0. The Morgan fingerprint density at radius 1 is 1.35 bits per heavy atom.